The highest BCUT2D eigenvalue weighted by Gasteiger charge is 2.17. The Morgan fingerprint density at radius 2 is 2.03 bits per heavy atom. The van der Waals surface area contributed by atoms with Crippen molar-refractivity contribution in [1.29, 1.82) is 0 Å². The van der Waals surface area contributed by atoms with E-state index in [1.165, 1.54) is 12.7 Å². The van der Waals surface area contributed by atoms with Gasteiger partial charge in [-0.2, -0.15) is 0 Å². The third-order valence-corrected chi connectivity index (χ3v) is 4.69. The monoisotopic (exact) mass is 428 g/mol. The van der Waals surface area contributed by atoms with E-state index >= 15 is 0 Å². The SMILES string of the molecule is CC.CCc1ccc(CCCCN(CCC(N)C(=O)O)CC(F)COC)nc1NC. The molecule has 0 aliphatic carbocycles. The summed E-state index contributed by atoms with van der Waals surface area (Å²) in [5.74, 6) is -0.111. The molecular weight excluding hydrogens is 387 g/mol. The Morgan fingerprint density at radius 3 is 2.60 bits per heavy atom. The molecule has 0 aliphatic rings. The number of carbonyl (C=O) groups is 1. The van der Waals surface area contributed by atoms with Crippen LogP contribution >= 0.6 is 0 Å². The number of alkyl halides is 1. The van der Waals surface area contributed by atoms with Gasteiger partial charge < -0.3 is 25.8 Å². The molecule has 0 radical (unpaired) electrons. The zero-order valence-electron chi connectivity index (χ0n) is 19.3. The van der Waals surface area contributed by atoms with Gasteiger partial charge in [0, 0.05) is 32.9 Å². The molecule has 0 bridgehead atoms. The summed E-state index contributed by atoms with van der Waals surface area (Å²) >= 11 is 0. The molecule has 0 saturated carbocycles. The van der Waals surface area contributed by atoms with Gasteiger partial charge in [-0.3, -0.25) is 4.79 Å². The van der Waals surface area contributed by atoms with Crippen molar-refractivity contribution in [3.8, 4) is 0 Å². The molecule has 30 heavy (non-hydrogen) atoms. The first-order valence-electron chi connectivity index (χ1n) is 10.9. The van der Waals surface area contributed by atoms with Gasteiger partial charge in [0.2, 0.25) is 0 Å². The number of rotatable bonds is 15. The molecular formula is C22H41FN4O3. The zero-order valence-corrected chi connectivity index (χ0v) is 19.3. The van der Waals surface area contributed by atoms with E-state index in [0.717, 1.165) is 37.2 Å². The van der Waals surface area contributed by atoms with Gasteiger partial charge in [0.1, 0.15) is 18.0 Å². The molecule has 2 atom stereocenters. The number of ether oxygens (including phenoxy) is 1. The van der Waals surface area contributed by atoms with Crippen LogP contribution in [0.25, 0.3) is 0 Å². The maximum absolute atomic E-state index is 13.9. The van der Waals surface area contributed by atoms with E-state index in [-0.39, 0.29) is 13.2 Å². The van der Waals surface area contributed by atoms with Crippen molar-refractivity contribution in [2.75, 3.05) is 45.7 Å². The second-order valence-corrected chi connectivity index (χ2v) is 6.96. The molecule has 174 valence electrons. The van der Waals surface area contributed by atoms with Crippen molar-refractivity contribution in [3.63, 3.8) is 0 Å². The number of halogens is 1. The Kier molecular flexibility index (Phi) is 16.0. The lowest BCUT2D eigenvalue weighted by atomic mass is 10.1. The number of nitrogens with one attached hydrogen (secondary N) is 1. The van der Waals surface area contributed by atoms with Crippen LogP contribution in [0.2, 0.25) is 0 Å². The number of aliphatic carboxylic acids is 1. The summed E-state index contributed by atoms with van der Waals surface area (Å²) in [6, 6.07) is 3.23. The Bertz CT molecular complexity index is 590. The zero-order chi connectivity index (χ0) is 22.9. The standard InChI is InChI=1S/C20H35FN4O3.C2H6/c1-4-15-8-9-17(24-19(15)23-2)7-5-6-11-25(13-16(21)14-28-3)12-10-18(22)20(26)27;1-2/h8-9,16,18H,4-7,10-14,22H2,1-3H3,(H,23,24)(H,26,27);1-2H3. The summed E-state index contributed by atoms with van der Waals surface area (Å²) in [4.78, 5) is 17.5. The quantitative estimate of drug-likeness (QED) is 0.369. The number of aryl methyl sites for hydroxylation is 2. The lowest BCUT2D eigenvalue weighted by Crippen LogP contribution is -2.39. The minimum Gasteiger partial charge on any atom is -0.480 e. The van der Waals surface area contributed by atoms with E-state index in [4.69, 9.17) is 15.6 Å². The third kappa shape index (κ3) is 11.4. The number of hydrogen-bond acceptors (Lipinski definition) is 6. The van der Waals surface area contributed by atoms with Crippen molar-refractivity contribution >= 4 is 11.8 Å². The maximum atomic E-state index is 13.9. The topological polar surface area (TPSA) is 101 Å². The fourth-order valence-corrected chi connectivity index (χ4v) is 3.06. The van der Waals surface area contributed by atoms with Crippen molar-refractivity contribution in [3.05, 3.63) is 23.4 Å². The van der Waals surface area contributed by atoms with Gasteiger partial charge in [-0.05, 0) is 50.3 Å². The van der Waals surface area contributed by atoms with E-state index < -0.39 is 18.2 Å². The third-order valence-electron chi connectivity index (χ3n) is 4.69. The first-order valence-corrected chi connectivity index (χ1v) is 10.9. The highest BCUT2D eigenvalue weighted by molar-refractivity contribution is 5.72. The van der Waals surface area contributed by atoms with E-state index in [1.54, 1.807) is 0 Å². The predicted molar refractivity (Wildman–Crippen MR) is 121 cm³/mol. The van der Waals surface area contributed by atoms with Gasteiger partial charge in [-0.25, -0.2) is 9.37 Å². The van der Waals surface area contributed by atoms with Crippen LogP contribution in [0.15, 0.2) is 12.1 Å². The molecule has 4 N–H and O–H groups in total. The number of unbranched alkanes of at least 4 members (excludes halogenated alkanes) is 1. The molecule has 0 aromatic carbocycles. The number of pyridine rings is 1. The highest BCUT2D eigenvalue weighted by atomic mass is 19.1. The lowest BCUT2D eigenvalue weighted by molar-refractivity contribution is -0.138. The van der Waals surface area contributed by atoms with Crippen LogP contribution in [0, 0.1) is 0 Å². The van der Waals surface area contributed by atoms with Crippen LogP contribution in [0.4, 0.5) is 10.2 Å². The molecule has 1 heterocycles. The minimum atomic E-state index is -1.10. The number of methoxy groups -OCH3 is 1. The minimum absolute atomic E-state index is 0.0297. The number of aromatic nitrogens is 1. The van der Waals surface area contributed by atoms with Crippen LogP contribution in [0.5, 0.6) is 0 Å². The maximum Gasteiger partial charge on any atom is 0.320 e. The summed E-state index contributed by atoms with van der Waals surface area (Å²) in [7, 11) is 3.34. The van der Waals surface area contributed by atoms with Crippen LogP contribution in [0.3, 0.4) is 0 Å². The smallest absolute Gasteiger partial charge is 0.320 e. The number of hydrogen-bond donors (Lipinski definition) is 3. The molecule has 0 saturated heterocycles. The number of nitrogens with zero attached hydrogens (tertiary/aromatic N) is 2. The van der Waals surface area contributed by atoms with Crippen LogP contribution < -0.4 is 11.1 Å². The second kappa shape index (κ2) is 17.0. The number of carboxylic acids is 1. The fourth-order valence-electron chi connectivity index (χ4n) is 3.06. The Morgan fingerprint density at radius 1 is 1.33 bits per heavy atom. The highest BCUT2D eigenvalue weighted by Crippen LogP contribution is 2.15. The molecule has 0 amide bonds. The average molecular weight is 429 g/mol. The first kappa shape index (κ1) is 28.2. The Hall–Kier alpha value is -1.77. The summed E-state index contributed by atoms with van der Waals surface area (Å²) < 4.78 is 18.8. The molecule has 8 heteroatoms. The van der Waals surface area contributed by atoms with Crippen molar-refractivity contribution in [2.45, 2.75) is 65.1 Å². The van der Waals surface area contributed by atoms with Crippen molar-refractivity contribution < 1.29 is 19.0 Å². The number of carboxylic acid groups (broad SMARTS) is 1. The largest absolute Gasteiger partial charge is 0.480 e. The summed E-state index contributed by atoms with van der Waals surface area (Å²) in [5, 5.41) is 12.1. The average Bonchev–Trinajstić information content (AvgIpc) is 2.75. The van der Waals surface area contributed by atoms with Gasteiger partial charge in [-0.15, -0.1) is 0 Å². The van der Waals surface area contributed by atoms with E-state index in [0.29, 0.717) is 19.5 Å². The molecule has 1 rings (SSSR count). The van der Waals surface area contributed by atoms with Crippen molar-refractivity contribution in [2.24, 2.45) is 5.73 Å². The molecule has 0 fully saturated rings. The number of nitrogens with two attached hydrogens (primary N) is 1. The van der Waals surface area contributed by atoms with Gasteiger partial charge in [0.15, 0.2) is 0 Å². The predicted octanol–water partition coefficient (Wildman–Crippen LogP) is 3.12. The van der Waals surface area contributed by atoms with E-state index in [1.807, 2.05) is 25.8 Å². The lowest BCUT2D eigenvalue weighted by Gasteiger charge is -2.24. The fraction of sp³-hybridized carbons (Fsp3) is 0.727. The molecule has 0 aliphatic heterocycles. The van der Waals surface area contributed by atoms with Gasteiger partial charge in [0.25, 0.3) is 0 Å². The van der Waals surface area contributed by atoms with Gasteiger partial charge >= 0.3 is 5.97 Å². The van der Waals surface area contributed by atoms with Crippen LogP contribution in [0.1, 0.15) is 51.3 Å². The molecule has 1 aromatic rings. The van der Waals surface area contributed by atoms with Crippen molar-refractivity contribution in [1.82, 2.24) is 9.88 Å². The molecule has 1 aromatic heterocycles. The Balaban J connectivity index is 0.00000407. The normalized spacial score (nSPS) is 12.8. The van der Waals surface area contributed by atoms with Gasteiger partial charge in [-0.1, -0.05) is 26.8 Å². The summed E-state index contributed by atoms with van der Waals surface area (Å²) in [6.07, 6.45) is 2.76. The summed E-state index contributed by atoms with van der Waals surface area (Å²) in [5.41, 5.74) is 7.80. The van der Waals surface area contributed by atoms with Gasteiger partial charge in [0.05, 0.1) is 6.61 Å². The van der Waals surface area contributed by atoms with Crippen LogP contribution in [-0.2, 0) is 22.4 Å². The molecule has 0 spiro atoms. The molecule has 2 unspecified atom stereocenters. The Labute approximate surface area is 181 Å². The second-order valence-electron chi connectivity index (χ2n) is 6.96. The van der Waals surface area contributed by atoms with E-state index in [2.05, 4.69) is 29.4 Å². The van der Waals surface area contributed by atoms with E-state index in [9.17, 15) is 9.18 Å². The van der Waals surface area contributed by atoms with Crippen LogP contribution in [-0.4, -0.2) is 73.6 Å². The number of anilines is 1. The molecule has 7 nitrogen and oxygen atoms in total. The first-order chi connectivity index (χ1) is 14.4. The summed E-state index contributed by atoms with van der Waals surface area (Å²) in [6.45, 7) is 7.48.